The molecule has 0 bridgehead atoms. The van der Waals surface area contributed by atoms with Crippen molar-refractivity contribution in [2.45, 2.75) is 44.6 Å². The fourth-order valence-electron chi connectivity index (χ4n) is 3.13. The molecule has 2 heterocycles. The summed E-state index contributed by atoms with van der Waals surface area (Å²) >= 11 is 0. The molecule has 7 heteroatoms. The van der Waals surface area contributed by atoms with Gasteiger partial charge < -0.3 is 19.5 Å². The lowest BCUT2D eigenvalue weighted by Gasteiger charge is -2.18. The molecule has 7 nitrogen and oxygen atoms in total. The smallest absolute Gasteiger partial charge is 0.317 e. The van der Waals surface area contributed by atoms with E-state index < -0.39 is 0 Å². The Balaban J connectivity index is 1.43. The first-order valence-corrected chi connectivity index (χ1v) is 9.37. The minimum absolute atomic E-state index is 0.0165. The molecule has 2 aliphatic rings. The van der Waals surface area contributed by atoms with Crippen molar-refractivity contribution < 1.29 is 14.1 Å². The van der Waals surface area contributed by atoms with Crippen LogP contribution in [0.3, 0.4) is 0 Å². The van der Waals surface area contributed by atoms with Crippen LogP contribution in [0, 0.1) is 0 Å². The van der Waals surface area contributed by atoms with Crippen molar-refractivity contribution in [1.29, 1.82) is 0 Å². The zero-order valence-electron chi connectivity index (χ0n) is 15.0. The Hall–Kier alpha value is -2.57. The maximum absolute atomic E-state index is 12.1. The number of amides is 2. The predicted molar refractivity (Wildman–Crippen MR) is 96.0 cm³/mol. The highest BCUT2D eigenvalue weighted by atomic mass is 16.5. The first-order chi connectivity index (χ1) is 12.7. The number of likely N-dealkylation sites (tertiary alicyclic amines) is 1. The molecule has 4 rings (SSSR count). The molecule has 1 aliphatic carbocycles. The summed E-state index contributed by atoms with van der Waals surface area (Å²) in [4.78, 5) is 18.4. The van der Waals surface area contributed by atoms with Gasteiger partial charge in [-0.2, -0.15) is 4.98 Å². The first-order valence-electron chi connectivity index (χ1n) is 9.37. The van der Waals surface area contributed by atoms with Gasteiger partial charge in [-0.05, 0) is 31.4 Å². The molecular weight excluding hydrogens is 332 g/mol. The van der Waals surface area contributed by atoms with Crippen LogP contribution in [0.4, 0.5) is 4.79 Å². The van der Waals surface area contributed by atoms with Crippen LogP contribution >= 0.6 is 0 Å². The summed E-state index contributed by atoms with van der Waals surface area (Å²) in [6, 6.07) is 7.69. The number of benzene rings is 1. The highest BCUT2D eigenvalue weighted by Gasteiger charge is 2.30. The van der Waals surface area contributed by atoms with Gasteiger partial charge >= 0.3 is 6.03 Å². The normalized spacial score (nSPS) is 19.6. The molecule has 0 spiro atoms. The van der Waals surface area contributed by atoms with Gasteiger partial charge in [0, 0.05) is 25.4 Å². The molecule has 138 valence electrons. The van der Waals surface area contributed by atoms with E-state index in [-0.39, 0.29) is 12.1 Å². The van der Waals surface area contributed by atoms with Crippen molar-refractivity contribution in [2.75, 3.05) is 19.6 Å². The van der Waals surface area contributed by atoms with E-state index >= 15 is 0 Å². The van der Waals surface area contributed by atoms with E-state index in [4.69, 9.17) is 9.26 Å². The van der Waals surface area contributed by atoms with Gasteiger partial charge in [0.05, 0.1) is 12.1 Å². The number of carbonyl (C=O) groups excluding carboxylic acids is 1. The van der Waals surface area contributed by atoms with Crippen LogP contribution in [-0.4, -0.2) is 46.8 Å². The Bertz CT molecular complexity index is 772. The van der Waals surface area contributed by atoms with Gasteiger partial charge in [-0.15, -0.1) is 0 Å². The molecular formula is C19H24N4O3. The molecule has 2 amide bonds. The number of para-hydroxylation sites is 1. The number of nitrogens with zero attached hydrogens (tertiary/aromatic N) is 3. The van der Waals surface area contributed by atoms with Crippen molar-refractivity contribution in [3.8, 4) is 17.2 Å². The average molecular weight is 356 g/mol. The van der Waals surface area contributed by atoms with Gasteiger partial charge in [-0.3, -0.25) is 0 Å². The average Bonchev–Trinajstić information content (AvgIpc) is 3.20. The van der Waals surface area contributed by atoms with E-state index in [1.807, 2.05) is 31.2 Å². The standard InChI is InChI=1S/C19H24N4O3/c1-2-10-20-19(24)23-11-9-14(12-23)25-16-6-4-3-5-15(16)18-21-17(22-26-18)13-7-8-13/h3-6,13-14H,2,7-12H2,1H3,(H,20,24). The van der Waals surface area contributed by atoms with Crippen molar-refractivity contribution in [3.63, 3.8) is 0 Å². The number of urea groups is 1. The number of hydrogen-bond donors (Lipinski definition) is 1. The van der Waals surface area contributed by atoms with Gasteiger partial charge in [-0.1, -0.05) is 24.2 Å². The zero-order chi connectivity index (χ0) is 17.9. The maximum Gasteiger partial charge on any atom is 0.317 e. The van der Waals surface area contributed by atoms with E-state index in [0.717, 1.165) is 42.8 Å². The van der Waals surface area contributed by atoms with Crippen LogP contribution in [0.25, 0.3) is 11.5 Å². The number of carbonyl (C=O) groups is 1. The summed E-state index contributed by atoms with van der Waals surface area (Å²) in [7, 11) is 0. The van der Waals surface area contributed by atoms with Crippen molar-refractivity contribution >= 4 is 6.03 Å². The molecule has 2 fully saturated rings. The summed E-state index contributed by atoms with van der Waals surface area (Å²) < 4.78 is 11.6. The molecule has 1 N–H and O–H groups in total. The SMILES string of the molecule is CCCNC(=O)N1CCC(Oc2ccccc2-c2nc(C3CC3)no2)C1. The van der Waals surface area contributed by atoms with E-state index in [0.29, 0.717) is 31.4 Å². The fraction of sp³-hybridized carbons (Fsp3) is 0.526. The quantitative estimate of drug-likeness (QED) is 0.860. The summed E-state index contributed by atoms with van der Waals surface area (Å²) in [6.07, 6.45) is 3.98. The number of rotatable bonds is 6. The van der Waals surface area contributed by atoms with Crippen LogP contribution < -0.4 is 10.1 Å². The Morgan fingerprint density at radius 1 is 1.35 bits per heavy atom. The molecule has 1 aromatic heterocycles. The third kappa shape index (κ3) is 3.66. The number of nitrogens with one attached hydrogen (secondary N) is 1. The molecule has 1 aliphatic heterocycles. The van der Waals surface area contributed by atoms with Crippen molar-refractivity contribution in [1.82, 2.24) is 20.4 Å². The summed E-state index contributed by atoms with van der Waals surface area (Å²) in [5.41, 5.74) is 0.806. The lowest BCUT2D eigenvalue weighted by molar-refractivity contribution is 0.187. The van der Waals surface area contributed by atoms with Crippen molar-refractivity contribution in [2.24, 2.45) is 0 Å². The molecule has 1 saturated carbocycles. The monoisotopic (exact) mass is 356 g/mol. The molecule has 1 atom stereocenters. The van der Waals surface area contributed by atoms with E-state index in [2.05, 4.69) is 15.5 Å². The Morgan fingerprint density at radius 2 is 2.19 bits per heavy atom. The molecule has 26 heavy (non-hydrogen) atoms. The van der Waals surface area contributed by atoms with Gasteiger partial charge in [-0.25, -0.2) is 4.79 Å². The second-order valence-electron chi connectivity index (χ2n) is 6.93. The minimum atomic E-state index is -0.0330. The lowest BCUT2D eigenvalue weighted by Crippen LogP contribution is -2.39. The summed E-state index contributed by atoms with van der Waals surface area (Å²) in [6.45, 7) is 4.03. The lowest BCUT2D eigenvalue weighted by atomic mass is 10.2. The minimum Gasteiger partial charge on any atom is -0.488 e. The molecule has 1 aromatic carbocycles. The molecule has 0 radical (unpaired) electrons. The molecule has 1 saturated heterocycles. The summed E-state index contributed by atoms with van der Waals surface area (Å²) in [5, 5.41) is 7.00. The van der Waals surface area contributed by atoms with E-state index in [1.54, 1.807) is 4.90 Å². The van der Waals surface area contributed by atoms with Gasteiger partial charge in [0.25, 0.3) is 5.89 Å². The second kappa shape index (κ2) is 7.35. The van der Waals surface area contributed by atoms with Crippen LogP contribution in [0.2, 0.25) is 0 Å². The number of ether oxygens (including phenoxy) is 1. The van der Waals surface area contributed by atoms with E-state index in [9.17, 15) is 4.79 Å². The van der Waals surface area contributed by atoms with Crippen molar-refractivity contribution in [3.05, 3.63) is 30.1 Å². The number of hydrogen-bond acceptors (Lipinski definition) is 5. The van der Waals surface area contributed by atoms with Crippen LogP contribution in [0.15, 0.2) is 28.8 Å². The fourth-order valence-corrected chi connectivity index (χ4v) is 3.13. The van der Waals surface area contributed by atoms with Gasteiger partial charge in [0.2, 0.25) is 0 Å². The van der Waals surface area contributed by atoms with E-state index in [1.165, 1.54) is 0 Å². The van der Waals surface area contributed by atoms with Gasteiger partial charge in [0.15, 0.2) is 5.82 Å². The third-order valence-corrected chi connectivity index (χ3v) is 4.75. The zero-order valence-corrected chi connectivity index (χ0v) is 15.0. The largest absolute Gasteiger partial charge is 0.488 e. The molecule has 2 aromatic rings. The van der Waals surface area contributed by atoms with Crippen LogP contribution in [0.1, 0.15) is 44.3 Å². The summed E-state index contributed by atoms with van der Waals surface area (Å²) in [5.74, 6) is 2.46. The predicted octanol–water partition coefficient (Wildman–Crippen LogP) is 3.19. The Labute approximate surface area is 152 Å². The van der Waals surface area contributed by atoms with Crippen LogP contribution in [0.5, 0.6) is 5.75 Å². The Morgan fingerprint density at radius 3 is 3.00 bits per heavy atom. The van der Waals surface area contributed by atoms with Gasteiger partial charge in [0.1, 0.15) is 11.9 Å². The highest BCUT2D eigenvalue weighted by molar-refractivity contribution is 5.74. The highest BCUT2D eigenvalue weighted by Crippen LogP contribution is 2.39. The Kier molecular flexibility index (Phi) is 4.77. The molecule has 1 unspecified atom stereocenters. The topological polar surface area (TPSA) is 80.5 Å². The first kappa shape index (κ1) is 16.9. The second-order valence-corrected chi connectivity index (χ2v) is 6.93. The third-order valence-electron chi connectivity index (χ3n) is 4.75. The maximum atomic E-state index is 12.1. The number of aromatic nitrogens is 2. The van der Waals surface area contributed by atoms with Crippen LogP contribution in [-0.2, 0) is 0 Å².